The second-order valence-corrected chi connectivity index (χ2v) is 4.16. The van der Waals surface area contributed by atoms with E-state index in [2.05, 4.69) is 0 Å². The second kappa shape index (κ2) is 3.60. The van der Waals surface area contributed by atoms with Crippen molar-refractivity contribution in [3.8, 4) is 0 Å². The third kappa shape index (κ3) is 3.28. The van der Waals surface area contributed by atoms with Gasteiger partial charge in [0.15, 0.2) is 6.21 Å². The quantitative estimate of drug-likeness (QED) is 0.280. The summed E-state index contributed by atoms with van der Waals surface area (Å²) >= 11 is 0. The van der Waals surface area contributed by atoms with Gasteiger partial charge in [-0.25, -0.2) is 0 Å². The number of nitrogens with zero attached hydrogens (tertiary/aromatic N) is 1. The molecule has 0 saturated carbocycles. The van der Waals surface area contributed by atoms with Gasteiger partial charge in [-0.1, -0.05) is 39.0 Å². The van der Waals surface area contributed by atoms with Crippen LogP contribution in [0.25, 0.3) is 0 Å². The molecule has 0 aliphatic carbocycles. The fourth-order valence-electron chi connectivity index (χ4n) is 1.00. The van der Waals surface area contributed by atoms with E-state index >= 15 is 0 Å². The third-order valence-electron chi connectivity index (χ3n) is 1.52. The summed E-state index contributed by atoms with van der Waals surface area (Å²) in [5.74, 6) is 0. The molecule has 0 atom stereocenters. The number of rotatable bonds is 1. The summed E-state index contributed by atoms with van der Waals surface area (Å²) in [4.78, 5) is 0. The zero-order valence-corrected chi connectivity index (χ0v) is 8.32. The van der Waals surface area contributed by atoms with E-state index in [1.165, 1.54) is 0 Å². The summed E-state index contributed by atoms with van der Waals surface area (Å²) < 4.78 is 0.917. The standard InChI is InChI=1S/C11H15NO/c1-11(2,3)9-12(13)10-7-5-4-6-8-10/h4-9H,1-3H3. The molecule has 0 aliphatic heterocycles. The third-order valence-corrected chi connectivity index (χ3v) is 1.52. The van der Waals surface area contributed by atoms with E-state index in [-0.39, 0.29) is 5.41 Å². The van der Waals surface area contributed by atoms with Crippen LogP contribution in [0.5, 0.6) is 0 Å². The first-order valence-corrected chi connectivity index (χ1v) is 4.36. The molecule has 2 heteroatoms. The van der Waals surface area contributed by atoms with E-state index < -0.39 is 0 Å². The van der Waals surface area contributed by atoms with Gasteiger partial charge < -0.3 is 5.21 Å². The molecule has 1 aromatic rings. The van der Waals surface area contributed by atoms with Crippen molar-refractivity contribution in [1.82, 2.24) is 0 Å². The van der Waals surface area contributed by atoms with E-state index in [9.17, 15) is 5.21 Å². The molecule has 0 aliphatic rings. The Morgan fingerprint density at radius 3 is 2.15 bits per heavy atom. The molecule has 0 amide bonds. The molecule has 0 aromatic heterocycles. The molecule has 0 unspecified atom stereocenters. The molecule has 0 fully saturated rings. The Morgan fingerprint density at radius 1 is 1.15 bits per heavy atom. The summed E-state index contributed by atoms with van der Waals surface area (Å²) in [6.07, 6.45) is 1.67. The Labute approximate surface area is 79.1 Å². The molecule has 0 heterocycles. The summed E-state index contributed by atoms with van der Waals surface area (Å²) in [7, 11) is 0. The first kappa shape index (κ1) is 9.78. The average molecular weight is 177 g/mol. The molecule has 0 spiro atoms. The summed E-state index contributed by atoms with van der Waals surface area (Å²) in [5.41, 5.74) is 0.592. The SMILES string of the molecule is CC(C)(C)C=[N+]([O-])c1ccccc1. The Hall–Kier alpha value is -1.31. The van der Waals surface area contributed by atoms with Gasteiger partial charge in [-0.2, -0.15) is 4.74 Å². The van der Waals surface area contributed by atoms with Crippen molar-refractivity contribution < 1.29 is 4.74 Å². The van der Waals surface area contributed by atoms with Gasteiger partial charge in [0, 0.05) is 17.5 Å². The highest BCUT2D eigenvalue weighted by Gasteiger charge is 2.12. The number of benzene rings is 1. The summed E-state index contributed by atoms with van der Waals surface area (Å²) in [5, 5.41) is 11.5. The average Bonchev–Trinajstić information content (AvgIpc) is 2.03. The number of hydrogen-bond donors (Lipinski definition) is 0. The van der Waals surface area contributed by atoms with Crippen LogP contribution in [-0.2, 0) is 0 Å². The first-order chi connectivity index (χ1) is 5.99. The topological polar surface area (TPSA) is 26.1 Å². The lowest BCUT2D eigenvalue weighted by atomic mass is 9.99. The van der Waals surface area contributed by atoms with Crippen LogP contribution in [0.4, 0.5) is 5.69 Å². The minimum atomic E-state index is -0.0857. The van der Waals surface area contributed by atoms with E-state index in [0.29, 0.717) is 5.69 Å². The molecule has 2 nitrogen and oxygen atoms in total. The molecule has 0 bridgehead atoms. The van der Waals surface area contributed by atoms with Gasteiger partial charge in [-0.3, -0.25) is 0 Å². The maximum Gasteiger partial charge on any atom is 0.216 e. The van der Waals surface area contributed by atoms with Crippen LogP contribution in [0.3, 0.4) is 0 Å². The van der Waals surface area contributed by atoms with Crippen molar-refractivity contribution in [2.75, 3.05) is 0 Å². The molecule has 1 rings (SSSR count). The van der Waals surface area contributed by atoms with E-state index in [4.69, 9.17) is 0 Å². The van der Waals surface area contributed by atoms with Crippen LogP contribution >= 0.6 is 0 Å². The highest BCUT2D eigenvalue weighted by atomic mass is 16.5. The second-order valence-electron chi connectivity index (χ2n) is 4.16. The molecule has 13 heavy (non-hydrogen) atoms. The summed E-state index contributed by atoms with van der Waals surface area (Å²) in [6, 6.07) is 9.21. The molecular weight excluding hydrogens is 162 g/mol. The van der Waals surface area contributed by atoms with Crippen molar-refractivity contribution in [3.05, 3.63) is 35.5 Å². The Balaban J connectivity index is 2.92. The molecule has 1 aromatic carbocycles. The largest absolute Gasteiger partial charge is 0.618 e. The van der Waals surface area contributed by atoms with Crippen LogP contribution in [0.2, 0.25) is 0 Å². The highest BCUT2D eigenvalue weighted by molar-refractivity contribution is 5.60. The molecule has 0 radical (unpaired) electrons. The van der Waals surface area contributed by atoms with Crippen LogP contribution in [0.1, 0.15) is 20.8 Å². The van der Waals surface area contributed by atoms with Crippen LogP contribution in [0, 0.1) is 10.6 Å². The lowest BCUT2D eigenvalue weighted by Gasteiger charge is -2.11. The zero-order chi connectivity index (χ0) is 9.90. The number of hydrogen-bond acceptors (Lipinski definition) is 1. The van der Waals surface area contributed by atoms with Crippen molar-refractivity contribution in [2.45, 2.75) is 20.8 Å². The van der Waals surface area contributed by atoms with Gasteiger partial charge in [-0.05, 0) is 0 Å². The van der Waals surface area contributed by atoms with Gasteiger partial charge >= 0.3 is 0 Å². The van der Waals surface area contributed by atoms with Crippen molar-refractivity contribution in [3.63, 3.8) is 0 Å². The molecular formula is C11H15NO. The zero-order valence-electron chi connectivity index (χ0n) is 8.32. The Morgan fingerprint density at radius 2 is 1.69 bits per heavy atom. The fourth-order valence-corrected chi connectivity index (χ4v) is 1.00. The first-order valence-electron chi connectivity index (χ1n) is 4.36. The fraction of sp³-hybridized carbons (Fsp3) is 0.364. The smallest absolute Gasteiger partial charge is 0.216 e. The van der Waals surface area contributed by atoms with Crippen molar-refractivity contribution in [2.24, 2.45) is 5.41 Å². The molecule has 0 N–H and O–H groups in total. The van der Waals surface area contributed by atoms with Gasteiger partial charge in [-0.15, -0.1) is 0 Å². The van der Waals surface area contributed by atoms with Gasteiger partial charge in [0.25, 0.3) is 0 Å². The van der Waals surface area contributed by atoms with Crippen molar-refractivity contribution in [1.29, 1.82) is 0 Å². The lowest BCUT2D eigenvalue weighted by molar-refractivity contribution is -0.359. The van der Waals surface area contributed by atoms with Crippen LogP contribution < -0.4 is 0 Å². The molecule has 70 valence electrons. The highest BCUT2D eigenvalue weighted by Crippen LogP contribution is 2.13. The Kier molecular flexibility index (Phi) is 2.71. The number of para-hydroxylation sites is 1. The van der Waals surface area contributed by atoms with Crippen molar-refractivity contribution >= 4 is 11.9 Å². The monoisotopic (exact) mass is 177 g/mol. The van der Waals surface area contributed by atoms with Gasteiger partial charge in [0.2, 0.25) is 5.69 Å². The van der Waals surface area contributed by atoms with E-state index in [1.54, 1.807) is 18.3 Å². The maximum atomic E-state index is 11.5. The van der Waals surface area contributed by atoms with Gasteiger partial charge in [0.05, 0.1) is 0 Å². The predicted octanol–water partition coefficient (Wildman–Crippen LogP) is 2.95. The van der Waals surface area contributed by atoms with E-state index in [1.807, 2.05) is 39.0 Å². The predicted molar refractivity (Wildman–Crippen MR) is 55.2 cm³/mol. The summed E-state index contributed by atoms with van der Waals surface area (Å²) in [6.45, 7) is 6.00. The van der Waals surface area contributed by atoms with E-state index in [0.717, 1.165) is 4.74 Å². The van der Waals surface area contributed by atoms with Crippen LogP contribution in [0.15, 0.2) is 30.3 Å². The maximum absolute atomic E-state index is 11.5. The molecule has 0 saturated heterocycles. The van der Waals surface area contributed by atoms with Crippen LogP contribution in [-0.4, -0.2) is 11.0 Å². The minimum Gasteiger partial charge on any atom is -0.618 e. The minimum absolute atomic E-state index is 0.0857. The normalized spacial score (nSPS) is 13.0. The Bertz CT molecular complexity index is 296. The van der Waals surface area contributed by atoms with Gasteiger partial charge in [0.1, 0.15) is 0 Å². The lowest BCUT2D eigenvalue weighted by Crippen LogP contribution is -2.13.